The highest BCUT2D eigenvalue weighted by Gasteiger charge is 2.26. The molecule has 4 aromatic rings. The average molecular weight is 441 g/mol. The predicted molar refractivity (Wildman–Crippen MR) is 107 cm³/mol. The normalized spacial score (nSPS) is 10.8. The first kappa shape index (κ1) is 17.9. The monoisotopic (exact) mass is 440 g/mol. The smallest absolute Gasteiger partial charge is 0.323 e. The van der Waals surface area contributed by atoms with Gasteiger partial charge in [-0.05, 0) is 50.0 Å². The van der Waals surface area contributed by atoms with Crippen molar-refractivity contribution in [3.05, 3.63) is 74.9 Å². The number of aromatic nitrogens is 3. The van der Waals surface area contributed by atoms with Crippen LogP contribution in [-0.2, 0) is 6.54 Å². The van der Waals surface area contributed by atoms with Gasteiger partial charge in [0.1, 0.15) is 11.5 Å². The van der Waals surface area contributed by atoms with Crippen LogP contribution in [0.3, 0.4) is 0 Å². The van der Waals surface area contributed by atoms with Gasteiger partial charge < -0.3 is 10.6 Å². The van der Waals surface area contributed by atoms with Crippen molar-refractivity contribution in [2.45, 2.75) is 6.54 Å². The molecule has 4 rings (SSSR count). The van der Waals surface area contributed by atoms with Crippen molar-refractivity contribution in [2.75, 3.05) is 10.6 Å². The van der Waals surface area contributed by atoms with Crippen LogP contribution in [0.15, 0.2) is 63.8 Å². The molecule has 0 aliphatic carbocycles. The van der Waals surface area contributed by atoms with Crippen LogP contribution in [0.25, 0.3) is 11.0 Å². The number of nitro groups is 1. The number of halogens is 1. The third kappa shape index (κ3) is 3.62. The molecule has 0 atom stereocenters. The van der Waals surface area contributed by atoms with Gasteiger partial charge in [0.25, 0.3) is 0 Å². The lowest BCUT2D eigenvalue weighted by Crippen LogP contribution is -2.05. The summed E-state index contributed by atoms with van der Waals surface area (Å²) in [5.41, 5.74) is 1.90. The maximum Gasteiger partial charge on any atom is 0.323 e. The molecule has 0 unspecified atom stereocenters. The van der Waals surface area contributed by atoms with Crippen molar-refractivity contribution in [3.8, 4) is 0 Å². The molecule has 10 heteroatoms. The lowest BCUT2D eigenvalue weighted by molar-refractivity contribution is -0.382. The van der Waals surface area contributed by atoms with Gasteiger partial charge in [0.15, 0.2) is 5.52 Å². The maximum absolute atomic E-state index is 11.7. The second-order valence-corrected chi connectivity index (χ2v) is 6.78. The van der Waals surface area contributed by atoms with Gasteiger partial charge in [-0.1, -0.05) is 30.3 Å². The molecule has 0 aliphatic heterocycles. The largest absolute Gasteiger partial charge is 0.375 e. The topological polar surface area (TPSA) is 119 Å². The van der Waals surface area contributed by atoms with Gasteiger partial charge in [-0.25, -0.2) is 9.61 Å². The second kappa shape index (κ2) is 7.61. The van der Waals surface area contributed by atoms with Crippen molar-refractivity contribution in [2.24, 2.45) is 0 Å². The number of benzene rings is 2. The van der Waals surface area contributed by atoms with E-state index in [2.05, 4.69) is 41.9 Å². The SMILES string of the molecule is O=[N+]([O-])c1c(NCc2ccccc2)cc(Nc2ccc(Br)cn2)c2nonc12. The third-order valence-electron chi connectivity index (χ3n) is 4.01. The number of fused-ring (bicyclic) bond motifs is 1. The summed E-state index contributed by atoms with van der Waals surface area (Å²) in [7, 11) is 0. The summed E-state index contributed by atoms with van der Waals surface area (Å²) >= 11 is 3.33. The molecule has 0 aliphatic rings. The fourth-order valence-electron chi connectivity index (χ4n) is 2.73. The lowest BCUT2D eigenvalue weighted by Gasteiger charge is -2.11. The molecule has 0 saturated heterocycles. The van der Waals surface area contributed by atoms with E-state index in [-0.39, 0.29) is 16.7 Å². The van der Waals surface area contributed by atoms with E-state index in [1.807, 2.05) is 36.4 Å². The highest BCUT2D eigenvalue weighted by Crippen LogP contribution is 2.38. The van der Waals surface area contributed by atoms with Gasteiger partial charge in [-0.15, -0.1) is 0 Å². The van der Waals surface area contributed by atoms with Crippen LogP contribution in [0.1, 0.15) is 5.56 Å². The van der Waals surface area contributed by atoms with Crippen molar-refractivity contribution < 1.29 is 9.55 Å². The minimum Gasteiger partial charge on any atom is -0.375 e. The van der Waals surface area contributed by atoms with Crippen molar-refractivity contribution in [3.63, 3.8) is 0 Å². The first-order valence-electron chi connectivity index (χ1n) is 8.22. The number of hydrogen-bond acceptors (Lipinski definition) is 8. The molecule has 2 heterocycles. The molecule has 0 spiro atoms. The molecule has 140 valence electrons. The van der Waals surface area contributed by atoms with Gasteiger partial charge in [0.05, 0.1) is 10.6 Å². The summed E-state index contributed by atoms with van der Waals surface area (Å²) in [5.74, 6) is 0.551. The molecule has 2 aromatic carbocycles. The maximum atomic E-state index is 11.7. The second-order valence-electron chi connectivity index (χ2n) is 5.86. The minimum absolute atomic E-state index is 0.0580. The van der Waals surface area contributed by atoms with Gasteiger partial charge in [-0.2, -0.15) is 0 Å². The Labute approximate surface area is 167 Å². The Kier molecular flexibility index (Phi) is 4.85. The fourth-order valence-corrected chi connectivity index (χ4v) is 2.96. The zero-order valence-corrected chi connectivity index (χ0v) is 15.9. The highest BCUT2D eigenvalue weighted by atomic mass is 79.9. The summed E-state index contributed by atoms with van der Waals surface area (Å²) in [6.45, 7) is 0.411. The summed E-state index contributed by atoms with van der Waals surface area (Å²) in [6.07, 6.45) is 1.64. The van der Waals surface area contributed by atoms with Crippen LogP contribution < -0.4 is 10.6 Å². The first-order chi connectivity index (χ1) is 13.6. The molecule has 2 aromatic heterocycles. The van der Waals surface area contributed by atoms with Gasteiger partial charge in [0.2, 0.25) is 5.52 Å². The third-order valence-corrected chi connectivity index (χ3v) is 4.48. The Morgan fingerprint density at radius 2 is 1.86 bits per heavy atom. The number of pyridine rings is 1. The molecular weight excluding hydrogens is 428 g/mol. The Balaban J connectivity index is 1.75. The molecule has 28 heavy (non-hydrogen) atoms. The molecule has 0 bridgehead atoms. The fraction of sp³-hybridized carbons (Fsp3) is 0.0556. The van der Waals surface area contributed by atoms with Gasteiger partial charge in [0, 0.05) is 17.2 Å². The van der Waals surface area contributed by atoms with E-state index in [9.17, 15) is 10.1 Å². The van der Waals surface area contributed by atoms with E-state index in [1.54, 1.807) is 18.3 Å². The molecule has 0 fully saturated rings. The number of nitro benzene ring substituents is 1. The van der Waals surface area contributed by atoms with E-state index < -0.39 is 4.92 Å². The average Bonchev–Trinajstić information content (AvgIpc) is 3.18. The number of rotatable bonds is 6. The molecule has 0 saturated carbocycles. The van der Waals surface area contributed by atoms with Crippen LogP contribution >= 0.6 is 15.9 Å². The van der Waals surface area contributed by atoms with Crippen LogP contribution in [0.5, 0.6) is 0 Å². The van der Waals surface area contributed by atoms with Gasteiger partial charge >= 0.3 is 5.69 Å². The summed E-state index contributed by atoms with van der Waals surface area (Å²) in [5, 5.41) is 25.4. The first-order valence-corrected chi connectivity index (χ1v) is 9.01. The highest BCUT2D eigenvalue weighted by molar-refractivity contribution is 9.10. The Bertz CT molecular complexity index is 1130. The van der Waals surface area contributed by atoms with Crippen molar-refractivity contribution >= 4 is 49.8 Å². The Hall–Kier alpha value is -3.53. The predicted octanol–water partition coefficient (Wildman–Crippen LogP) is 4.64. The van der Waals surface area contributed by atoms with Crippen molar-refractivity contribution in [1.29, 1.82) is 0 Å². The van der Waals surface area contributed by atoms with Crippen LogP contribution in [0.2, 0.25) is 0 Å². The molecule has 0 amide bonds. The van der Waals surface area contributed by atoms with Crippen LogP contribution in [-0.4, -0.2) is 20.2 Å². The standard InChI is InChI=1S/C18H13BrN6O3/c19-12-6-7-15(21-10-12)22-13-8-14(20-9-11-4-2-1-3-5-11)18(25(26)27)17-16(13)23-28-24-17/h1-8,10,20H,9H2,(H,21,22). The number of nitrogens with one attached hydrogen (secondary N) is 2. The van der Waals surface area contributed by atoms with E-state index in [4.69, 9.17) is 4.63 Å². The molecule has 0 radical (unpaired) electrons. The zero-order valence-electron chi connectivity index (χ0n) is 14.3. The number of nitrogens with zero attached hydrogens (tertiary/aromatic N) is 4. The van der Waals surface area contributed by atoms with E-state index in [0.29, 0.717) is 23.7 Å². The Morgan fingerprint density at radius 3 is 2.57 bits per heavy atom. The van der Waals surface area contributed by atoms with Crippen molar-refractivity contribution in [1.82, 2.24) is 15.3 Å². The lowest BCUT2D eigenvalue weighted by atomic mass is 10.1. The van der Waals surface area contributed by atoms with E-state index in [1.165, 1.54) is 0 Å². The molecule has 2 N–H and O–H groups in total. The van der Waals surface area contributed by atoms with E-state index >= 15 is 0 Å². The minimum atomic E-state index is -0.498. The summed E-state index contributed by atoms with van der Waals surface area (Å²) in [4.78, 5) is 15.4. The Morgan fingerprint density at radius 1 is 1.07 bits per heavy atom. The molecule has 9 nitrogen and oxygen atoms in total. The molecular formula is C18H13BrN6O3. The van der Waals surface area contributed by atoms with Gasteiger partial charge in [-0.3, -0.25) is 10.1 Å². The van der Waals surface area contributed by atoms with Crippen LogP contribution in [0, 0.1) is 10.1 Å². The number of hydrogen-bond donors (Lipinski definition) is 2. The van der Waals surface area contributed by atoms with E-state index in [0.717, 1.165) is 10.0 Å². The summed E-state index contributed by atoms with van der Waals surface area (Å²) < 4.78 is 5.60. The zero-order chi connectivity index (χ0) is 19.5. The van der Waals surface area contributed by atoms with Crippen LogP contribution in [0.4, 0.5) is 22.9 Å². The summed E-state index contributed by atoms with van der Waals surface area (Å²) in [6, 6.07) is 14.8. The number of anilines is 3. The quantitative estimate of drug-likeness (QED) is 0.328.